The Hall–Kier alpha value is -2.08. The van der Waals surface area contributed by atoms with Crippen molar-refractivity contribution in [3.05, 3.63) is 53.1 Å². The number of hydrogen-bond acceptors (Lipinski definition) is 3. The Bertz CT molecular complexity index is 754. The van der Waals surface area contributed by atoms with Crippen molar-refractivity contribution in [1.82, 2.24) is 4.98 Å². The number of alkyl halides is 2. The standard InChI is InChI=1S/C16H12ClF3N2O/c17-12-5-11(7-21-8-12)10-1-2-14(18)13(6-10)16(15(19)20)3-4-23-9-22-16/h1-2,5-9,15H,3-4H2/t16-/m1/s1. The third kappa shape index (κ3) is 2.91. The summed E-state index contributed by atoms with van der Waals surface area (Å²) in [6, 6.07) is 5.65. The largest absolute Gasteiger partial charge is 0.483 e. The van der Waals surface area contributed by atoms with Crippen LogP contribution in [-0.4, -0.2) is 24.4 Å². The molecule has 23 heavy (non-hydrogen) atoms. The number of rotatable bonds is 3. The molecule has 0 bridgehead atoms. The first kappa shape index (κ1) is 15.8. The lowest BCUT2D eigenvalue weighted by molar-refractivity contribution is 0.0275. The lowest BCUT2D eigenvalue weighted by Crippen LogP contribution is -2.37. The Morgan fingerprint density at radius 2 is 2.00 bits per heavy atom. The van der Waals surface area contributed by atoms with Gasteiger partial charge in [-0.1, -0.05) is 17.7 Å². The quantitative estimate of drug-likeness (QED) is 0.827. The van der Waals surface area contributed by atoms with Gasteiger partial charge < -0.3 is 4.74 Å². The second-order valence-corrected chi connectivity index (χ2v) is 5.60. The van der Waals surface area contributed by atoms with Gasteiger partial charge >= 0.3 is 0 Å². The maximum Gasteiger partial charge on any atom is 0.267 e. The molecule has 0 aliphatic carbocycles. The molecule has 2 heterocycles. The molecule has 3 rings (SSSR count). The van der Waals surface area contributed by atoms with Crippen molar-refractivity contribution in [2.45, 2.75) is 18.4 Å². The lowest BCUT2D eigenvalue weighted by Gasteiger charge is -2.32. The van der Waals surface area contributed by atoms with E-state index in [2.05, 4.69) is 9.98 Å². The number of pyridine rings is 1. The van der Waals surface area contributed by atoms with Crippen molar-refractivity contribution >= 4 is 18.0 Å². The molecule has 3 nitrogen and oxygen atoms in total. The summed E-state index contributed by atoms with van der Waals surface area (Å²) in [7, 11) is 0. The summed E-state index contributed by atoms with van der Waals surface area (Å²) >= 11 is 5.90. The van der Waals surface area contributed by atoms with E-state index < -0.39 is 17.8 Å². The molecule has 0 unspecified atom stereocenters. The van der Waals surface area contributed by atoms with Crippen molar-refractivity contribution in [2.24, 2.45) is 4.99 Å². The van der Waals surface area contributed by atoms with Crippen LogP contribution in [0.5, 0.6) is 0 Å². The molecule has 2 aromatic rings. The van der Waals surface area contributed by atoms with Crippen LogP contribution >= 0.6 is 11.6 Å². The first-order chi connectivity index (χ1) is 11.0. The number of hydrogen-bond donors (Lipinski definition) is 0. The zero-order valence-electron chi connectivity index (χ0n) is 11.8. The van der Waals surface area contributed by atoms with E-state index in [0.717, 1.165) is 12.5 Å². The monoisotopic (exact) mass is 340 g/mol. The van der Waals surface area contributed by atoms with E-state index in [1.54, 1.807) is 6.07 Å². The second kappa shape index (κ2) is 6.20. The van der Waals surface area contributed by atoms with Gasteiger partial charge in [0.2, 0.25) is 0 Å². The Morgan fingerprint density at radius 3 is 2.65 bits per heavy atom. The van der Waals surface area contributed by atoms with E-state index in [9.17, 15) is 13.2 Å². The highest BCUT2D eigenvalue weighted by Crippen LogP contribution is 2.40. The minimum absolute atomic E-state index is 0.0518. The molecule has 0 saturated heterocycles. The third-order valence-electron chi connectivity index (χ3n) is 3.79. The number of aliphatic imine (C=N–C) groups is 1. The highest BCUT2D eigenvalue weighted by molar-refractivity contribution is 6.30. The fourth-order valence-electron chi connectivity index (χ4n) is 2.56. The van der Waals surface area contributed by atoms with Crippen molar-refractivity contribution in [3.63, 3.8) is 0 Å². The molecule has 0 spiro atoms. The average Bonchev–Trinajstić information content (AvgIpc) is 2.56. The van der Waals surface area contributed by atoms with E-state index in [4.69, 9.17) is 16.3 Å². The molecule has 0 fully saturated rings. The molecule has 1 atom stereocenters. The van der Waals surface area contributed by atoms with Gasteiger partial charge in [-0.05, 0) is 23.8 Å². The van der Waals surface area contributed by atoms with Gasteiger partial charge in [0.05, 0.1) is 11.6 Å². The molecule has 120 valence electrons. The SMILES string of the molecule is Fc1ccc(-c2cncc(Cl)c2)cc1[C@@]1(C(F)F)CCOC=N1. The molecular formula is C16H12ClF3N2O. The number of aromatic nitrogens is 1. The third-order valence-corrected chi connectivity index (χ3v) is 4.00. The summed E-state index contributed by atoms with van der Waals surface area (Å²) in [5.41, 5.74) is -0.952. The molecule has 0 amide bonds. The molecule has 1 aromatic heterocycles. The van der Waals surface area contributed by atoms with Gasteiger partial charge in [0.25, 0.3) is 6.43 Å². The summed E-state index contributed by atoms with van der Waals surface area (Å²) in [6.07, 6.45) is 0.993. The zero-order valence-corrected chi connectivity index (χ0v) is 12.6. The van der Waals surface area contributed by atoms with Gasteiger partial charge in [0.15, 0.2) is 11.9 Å². The fraction of sp³-hybridized carbons (Fsp3) is 0.250. The molecule has 1 aromatic carbocycles. The average molecular weight is 341 g/mol. The summed E-state index contributed by atoms with van der Waals surface area (Å²) in [5, 5.41) is 0.404. The van der Waals surface area contributed by atoms with Crippen molar-refractivity contribution < 1.29 is 17.9 Å². The minimum Gasteiger partial charge on any atom is -0.483 e. The van der Waals surface area contributed by atoms with Crippen LogP contribution in [0.15, 0.2) is 41.7 Å². The summed E-state index contributed by atoms with van der Waals surface area (Å²) < 4.78 is 46.5. The van der Waals surface area contributed by atoms with Crippen LogP contribution in [0.2, 0.25) is 5.02 Å². The summed E-state index contributed by atoms with van der Waals surface area (Å²) in [4.78, 5) is 7.72. The van der Waals surface area contributed by atoms with Crippen molar-refractivity contribution in [3.8, 4) is 11.1 Å². The number of halogens is 4. The van der Waals surface area contributed by atoms with E-state index in [1.165, 1.54) is 24.5 Å². The Labute approximate surface area is 135 Å². The first-order valence-electron chi connectivity index (χ1n) is 6.87. The predicted molar refractivity (Wildman–Crippen MR) is 81.4 cm³/mol. The van der Waals surface area contributed by atoms with Gasteiger partial charge in [-0.2, -0.15) is 0 Å². The van der Waals surface area contributed by atoms with Gasteiger partial charge in [-0.15, -0.1) is 0 Å². The van der Waals surface area contributed by atoms with Crippen LogP contribution in [0.1, 0.15) is 12.0 Å². The molecule has 0 radical (unpaired) electrons. The van der Waals surface area contributed by atoms with Crippen LogP contribution in [0.3, 0.4) is 0 Å². The minimum atomic E-state index is -2.86. The molecule has 1 aliphatic rings. The van der Waals surface area contributed by atoms with Crippen LogP contribution in [-0.2, 0) is 10.3 Å². The van der Waals surface area contributed by atoms with Crippen LogP contribution in [0.4, 0.5) is 13.2 Å². The van der Waals surface area contributed by atoms with E-state index in [1.807, 2.05) is 0 Å². The highest BCUT2D eigenvalue weighted by Gasteiger charge is 2.44. The Morgan fingerprint density at radius 1 is 1.17 bits per heavy atom. The highest BCUT2D eigenvalue weighted by atomic mass is 35.5. The van der Waals surface area contributed by atoms with Crippen molar-refractivity contribution in [2.75, 3.05) is 6.61 Å². The number of ether oxygens (including phenoxy) is 1. The smallest absolute Gasteiger partial charge is 0.267 e. The molecule has 7 heteroatoms. The number of benzene rings is 1. The Balaban J connectivity index is 2.14. The maximum atomic E-state index is 14.3. The van der Waals surface area contributed by atoms with Gasteiger partial charge in [0, 0.05) is 29.9 Å². The van der Waals surface area contributed by atoms with Crippen LogP contribution in [0, 0.1) is 5.82 Å². The topological polar surface area (TPSA) is 34.5 Å². The molecule has 0 saturated carbocycles. The fourth-order valence-corrected chi connectivity index (χ4v) is 2.73. The van der Waals surface area contributed by atoms with E-state index in [-0.39, 0.29) is 18.6 Å². The van der Waals surface area contributed by atoms with Gasteiger partial charge in [-0.3, -0.25) is 4.98 Å². The van der Waals surface area contributed by atoms with E-state index in [0.29, 0.717) is 16.1 Å². The van der Waals surface area contributed by atoms with Gasteiger partial charge in [0.1, 0.15) is 5.82 Å². The molecule has 1 aliphatic heterocycles. The maximum absolute atomic E-state index is 14.3. The first-order valence-corrected chi connectivity index (χ1v) is 7.25. The second-order valence-electron chi connectivity index (χ2n) is 5.17. The predicted octanol–water partition coefficient (Wildman–Crippen LogP) is 4.45. The summed E-state index contributed by atoms with van der Waals surface area (Å²) in [5.74, 6) is -0.733. The van der Waals surface area contributed by atoms with Crippen molar-refractivity contribution in [1.29, 1.82) is 0 Å². The molecule has 0 N–H and O–H groups in total. The van der Waals surface area contributed by atoms with Gasteiger partial charge in [-0.25, -0.2) is 18.2 Å². The zero-order chi connectivity index (χ0) is 16.4. The molecular weight excluding hydrogens is 329 g/mol. The summed E-state index contributed by atoms with van der Waals surface area (Å²) in [6.45, 7) is 0.0518. The lowest BCUT2D eigenvalue weighted by atomic mass is 9.85. The number of nitrogens with zero attached hydrogens (tertiary/aromatic N) is 2. The normalized spacial score (nSPS) is 20.6. The van der Waals surface area contributed by atoms with Crippen LogP contribution < -0.4 is 0 Å². The van der Waals surface area contributed by atoms with E-state index >= 15 is 0 Å². The van der Waals surface area contributed by atoms with Crippen LogP contribution in [0.25, 0.3) is 11.1 Å². The Kier molecular flexibility index (Phi) is 4.26.